The van der Waals surface area contributed by atoms with E-state index in [4.69, 9.17) is 4.74 Å². The summed E-state index contributed by atoms with van der Waals surface area (Å²) in [6, 6.07) is 4.29. The van der Waals surface area contributed by atoms with Gasteiger partial charge in [-0.1, -0.05) is 13.0 Å². The van der Waals surface area contributed by atoms with Crippen LogP contribution in [0.1, 0.15) is 45.1 Å². The quantitative estimate of drug-likeness (QED) is 0.241. The smallest absolute Gasteiger partial charge is 0.191 e. The number of hydrogen-bond acceptors (Lipinski definition) is 4. The Balaban J connectivity index is 0.00000364. The molecule has 2 N–H and O–H groups in total. The number of ether oxygens (including phenoxy) is 1. The molecule has 0 amide bonds. The summed E-state index contributed by atoms with van der Waals surface area (Å²) in [7, 11) is 1.80. The van der Waals surface area contributed by atoms with E-state index >= 15 is 0 Å². The molecule has 1 aliphatic rings. The molecule has 0 saturated carbocycles. The predicted octanol–water partition coefficient (Wildman–Crippen LogP) is 3.42. The van der Waals surface area contributed by atoms with Crippen LogP contribution in [-0.2, 0) is 11.3 Å². The molecule has 1 fully saturated rings. The number of aromatic nitrogens is 1. The zero-order chi connectivity index (χ0) is 18.6. The van der Waals surface area contributed by atoms with E-state index in [2.05, 4.69) is 44.6 Å². The van der Waals surface area contributed by atoms with Crippen LogP contribution in [-0.4, -0.2) is 50.8 Å². The molecular weight excluding hydrogens is 453 g/mol. The average molecular weight is 489 g/mol. The number of unbranched alkanes of at least 4 members (excludes halogenated alkanes) is 1. The van der Waals surface area contributed by atoms with Gasteiger partial charge in [-0.25, -0.2) is 4.98 Å². The van der Waals surface area contributed by atoms with E-state index in [9.17, 15) is 0 Å². The zero-order valence-corrected chi connectivity index (χ0v) is 19.4. The molecule has 0 bridgehead atoms. The van der Waals surface area contributed by atoms with Gasteiger partial charge in [0.05, 0.1) is 0 Å². The second-order valence-corrected chi connectivity index (χ2v) is 6.95. The third kappa shape index (κ3) is 9.10. The molecule has 1 aromatic heterocycles. The van der Waals surface area contributed by atoms with Crippen molar-refractivity contribution in [2.45, 2.75) is 46.1 Å². The van der Waals surface area contributed by atoms with Crippen LogP contribution in [0.15, 0.2) is 23.3 Å². The van der Waals surface area contributed by atoms with Crippen LogP contribution in [0.4, 0.5) is 5.82 Å². The van der Waals surface area contributed by atoms with E-state index in [1.54, 1.807) is 7.05 Å². The van der Waals surface area contributed by atoms with Gasteiger partial charge < -0.3 is 20.3 Å². The Morgan fingerprint density at radius 3 is 2.67 bits per heavy atom. The van der Waals surface area contributed by atoms with E-state index in [1.165, 1.54) is 18.4 Å². The lowest BCUT2D eigenvalue weighted by molar-refractivity contribution is 0.143. The first-order chi connectivity index (χ1) is 12.7. The van der Waals surface area contributed by atoms with Crippen LogP contribution in [0.25, 0.3) is 0 Å². The molecular formula is C20H36IN5O. The van der Waals surface area contributed by atoms with Crippen molar-refractivity contribution in [1.29, 1.82) is 0 Å². The van der Waals surface area contributed by atoms with Gasteiger partial charge in [0.2, 0.25) is 0 Å². The molecule has 1 aromatic rings. The molecule has 0 unspecified atom stereocenters. The van der Waals surface area contributed by atoms with E-state index in [1.807, 2.05) is 13.1 Å². The van der Waals surface area contributed by atoms with Crippen LogP contribution in [0.2, 0.25) is 0 Å². The summed E-state index contributed by atoms with van der Waals surface area (Å²) in [6.07, 6.45) is 6.63. The number of nitrogens with zero attached hydrogens (tertiary/aromatic N) is 3. The lowest BCUT2D eigenvalue weighted by Crippen LogP contribution is -2.37. The first kappa shape index (κ1) is 23.9. The fourth-order valence-electron chi connectivity index (χ4n) is 3.03. The van der Waals surface area contributed by atoms with Gasteiger partial charge in [-0.15, -0.1) is 24.0 Å². The third-order valence-corrected chi connectivity index (χ3v) is 4.81. The van der Waals surface area contributed by atoms with Crippen LogP contribution < -0.4 is 15.5 Å². The standard InChI is InChI=1S/C20H35N5O.HI/c1-4-26-14-6-5-11-22-20(21-3)24-16-18-7-8-19(23-15-18)25-12-9-17(2)10-13-25;/h7-8,15,17H,4-6,9-14,16H2,1-3H3,(H2,21,22,24);1H. The van der Waals surface area contributed by atoms with Gasteiger partial charge in [-0.2, -0.15) is 0 Å². The lowest BCUT2D eigenvalue weighted by Gasteiger charge is -2.31. The summed E-state index contributed by atoms with van der Waals surface area (Å²) >= 11 is 0. The topological polar surface area (TPSA) is 61.8 Å². The number of nitrogens with one attached hydrogen (secondary N) is 2. The van der Waals surface area contributed by atoms with Gasteiger partial charge in [0.1, 0.15) is 5.82 Å². The van der Waals surface area contributed by atoms with Crippen molar-refractivity contribution in [2.75, 3.05) is 44.8 Å². The Hall–Kier alpha value is -1.09. The molecule has 0 aromatic carbocycles. The SMILES string of the molecule is CCOCCCCNC(=NC)NCc1ccc(N2CCC(C)CC2)nc1.I. The summed E-state index contributed by atoms with van der Waals surface area (Å²) in [5, 5.41) is 6.69. The normalized spacial score (nSPS) is 15.4. The van der Waals surface area contributed by atoms with E-state index in [0.29, 0.717) is 0 Å². The summed E-state index contributed by atoms with van der Waals surface area (Å²) in [5.74, 6) is 2.76. The number of rotatable bonds is 9. The first-order valence-electron chi connectivity index (χ1n) is 9.95. The maximum Gasteiger partial charge on any atom is 0.191 e. The van der Waals surface area contributed by atoms with E-state index in [0.717, 1.165) is 69.9 Å². The lowest BCUT2D eigenvalue weighted by atomic mass is 9.99. The maximum atomic E-state index is 5.35. The maximum absolute atomic E-state index is 5.35. The van der Waals surface area contributed by atoms with Crippen molar-refractivity contribution in [2.24, 2.45) is 10.9 Å². The highest BCUT2D eigenvalue weighted by atomic mass is 127. The minimum absolute atomic E-state index is 0. The minimum Gasteiger partial charge on any atom is -0.382 e. The number of piperidine rings is 1. The van der Waals surface area contributed by atoms with E-state index < -0.39 is 0 Å². The number of aliphatic imine (C=N–C) groups is 1. The average Bonchev–Trinajstić information content (AvgIpc) is 2.68. The molecule has 2 heterocycles. The van der Waals surface area contributed by atoms with E-state index in [-0.39, 0.29) is 24.0 Å². The second kappa shape index (κ2) is 14.0. The molecule has 0 atom stereocenters. The van der Waals surface area contributed by atoms with Crippen molar-refractivity contribution < 1.29 is 4.74 Å². The van der Waals surface area contributed by atoms with Gasteiger partial charge in [-0.05, 0) is 50.2 Å². The molecule has 0 aliphatic carbocycles. The van der Waals surface area contributed by atoms with Gasteiger partial charge >= 0.3 is 0 Å². The number of hydrogen-bond donors (Lipinski definition) is 2. The third-order valence-electron chi connectivity index (χ3n) is 4.81. The van der Waals surface area contributed by atoms with Gasteiger partial charge in [0.25, 0.3) is 0 Å². The van der Waals surface area contributed by atoms with Gasteiger partial charge in [0, 0.05) is 52.6 Å². The van der Waals surface area contributed by atoms with Crippen molar-refractivity contribution in [3.8, 4) is 0 Å². The van der Waals surface area contributed by atoms with Crippen molar-refractivity contribution in [1.82, 2.24) is 15.6 Å². The van der Waals surface area contributed by atoms with Gasteiger partial charge in [0.15, 0.2) is 5.96 Å². The highest BCUT2D eigenvalue weighted by Gasteiger charge is 2.16. The monoisotopic (exact) mass is 489 g/mol. The molecule has 1 aliphatic heterocycles. The van der Waals surface area contributed by atoms with Crippen LogP contribution in [0, 0.1) is 5.92 Å². The number of guanidine groups is 1. The van der Waals surface area contributed by atoms with Crippen molar-refractivity contribution in [3.05, 3.63) is 23.9 Å². The Morgan fingerprint density at radius 1 is 1.26 bits per heavy atom. The number of anilines is 1. The van der Waals surface area contributed by atoms with Crippen LogP contribution in [0.3, 0.4) is 0 Å². The predicted molar refractivity (Wildman–Crippen MR) is 124 cm³/mol. The fraction of sp³-hybridized carbons (Fsp3) is 0.700. The van der Waals surface area contributed by atoms with Crippen LogP contribution in [0.5, 0.6) is 0 Å². The van der Waals surface area contributed by atoms with Gasteiger partial charge in [-0.3, -0.25) is 4.99 Å². The molecule has 7 heteroatoms. The molecule has 2 rings (SSSR count). The highest BCUT2D eigenvalue weighted by Crippen LogP contribution is 2.21. The Bertz CT molecular complexity index is 530. The fourth-order valence-corrected chi connectivity index (χ4v) is 3.03. The van der Waals surface area contributed by atoms with Crippen molar-refractivity contribution in [3.63, 3.8) is 0 Å². The Morgan fingerprint density at radius 2 is 2.04 bits per heavy atom. The molecule has 0 radical (unpaired) electrons. The largest absolute Gasteiger partial charge is 0.382 e. The molecule has 1 saturated heterocycles. The minimum atomic E-state index is 0. The summed E-state index contributed by atoms with van der Waals surface area (Å²) < 4.78 is 5.35. The number of pyridine rings is 1. The summed E-state index contributed by atoms with van der Waals surface area (Å²) in [4.78, 5) is 11.3. The first-order valence-corrected chi connectivity index (χ1v) is 9.95. The van der Waals surface area contributed by atoms with Crippen LogP contribution >= 0.6 is 24.0 Å². The number of halogens is 1. The highest BCUT2D eigenvalue weighted by molar-refractivity contribution is 14.0. The molecule has 6 nitrogen and oxygen atoms in total. The molecule has 27 heavy (non-hydrogen) atoms. The second-order valence-electron chi connectivity index (χ2n) is 6.95. The zero-order valence-electron chi connectivity index (χ0n) is 17.0. The van der Waals surface area contributed by atoms with Crippen molar-refractivity contribution >= 4 is 35.8 Å². The Labute approximate surface area is 181 Å². The molecule has 0 spiro atoms. The summed E-state index contributed by atoms with van der Waals surface area (Å²) in [6.45, 7) is 9.84. The molecule has 154 valence electrons. The summed E-state index contributed by atoms with van der Waals surface area (Å²) in [5.41, 5.74) is 1.17. The Kier molecular flexibility index (Phi) is 12.4.